The van der Waals surface area contributed by atoms with Crippen LogP contribution in [0.1, 0.15) is 52.4 Å². The molecule has 1 aliphatic carbocycles. The van der Waals surface area contributed by atoms with Crippen molar-refractivity contribution in [1.82, 2.24) is 4.90 Å². The highest BCUT2D eigenvalue weighted by molar-refractivity contribution is 9.09. The average Bonchev–Trinajstić information content (AvgIpc) is 2.26. The van der Waals surface area contributed by atoms with E-state index in [0.29, 0.717) is 17.9 Å². The second-order valence-corrected chi connectivity index (χ2v) is 5.87. The first-order valence-corrected chi connectivity index (χ1v) is 7.62. The summed E-state index contributed by atoms with van der Waals surface area (Å²) in [6.45, 7) is 5.03. The molecule has 0 saturated heterocycles. The molecule has 0 heterocycles. The quantitative estimate of drug-likeness (QED) is 0.709. The minimum atomic E-state index is 0.327. The number of amides is 1. The topological polar surface area (TPSA) is 20.3 Å². The lowest BCUT2D eigenvalue weighted by Crippen LogP contribution is -2.39. The molecule has 0 aromatic heterocycles. The first-order chi connectivity index (χ1) is 7.65. The summed E-state index contributed by atoms with van der Waals surface area (Å²) in [7, 11) is 0. The molecule has 16 heavy (non-hydrogen) atoms. The number of carbonyl (C=O) groups is 1. The first-order valence-electron chi connectivity index (χ1n) is 6.50. The van der Waals surface area contributed by atoms with Gasteiger partial charge in [0.25, 0.3) is 0 Å². The van der Waals surface area contributed by atoms with E-state index in [4.69, 9.17) is 0 Å². The maximum atomic E-state index is 12.1. The molecular weight excluding hydrogens is 266 g/mol. The standard InChI is InChI=1S/C13H24BrNO/c1-11(2)15(9-8-14)13(16)10-12-6-4-3-5-7-12/h11-12H,3-10H2,1-2H3. The van der Waals surface area contributed by atoms with E-state index in [1.807, 2.05) is 4.90 Å². The van der Waals surface area contributed by atoms with Gasteiger partial charge in [0, 0.05) is 24.3 Å². The van der Waals surface area contributed by atoms with Crippen molar-refractivity contribution < 1.29 is 4.79 Å². The van der Waals surface area contributed by atoms with Crippen LogP contribution in [0.4, 0.5) is 0 Å². The first kappa shape index (κ1) is 14.0. The Morgan fingerprint density at radius 1 is 1.31 bits per heavy atom. The molecule has 0 aromatic rings. The summed E-state index contributed by atoms with van der Waals surface area (Å²) in [6, 6.07) is 0.327. The molecule has 0 unspecified atom stereocenters. The lowest BCUT2D eigenvalue weighted by Gasteiger charge is -2.29. The van der Waals surface area contributed by atoms with Gasteiger partial charge in [-0.15, -0.1) is 0 Å². The molecule has 0 N–H and O–H groups in total. The highest BCUT2D eigenvalue weighted by atomic mass is 79.9. The molecule has 0 bridgehead atoms. The van der Waals surface area contributed by atoms with E-state index in [9.17, 15) is 4.79 Å². The SMILES string of the molecule is CC(C)N(CCBr)C(=O)CC1CCCCC1. The van der Waals surface area contributed by atoms with Gasteiger partial charge in [-0.2, -0.15) is 0 Å². The molecule has 94 valence electrons. The fourth-order valence-corrected chi connectivity index (χ4v) is 2.90. The van der Waals surface area contributed by atoms with Crippen molar-refractivity contribution in [3.05, 3.63) is 0 Å². The molecule has 0 aliphatic heterocycles. The van der Waals surface area contributed by atoms with E-state index in [2.05, 4.69) is 29.8 Å². The predicted molar refractivity (Wildman–Crippen MR) is 71.8 cm³/mol. The van der Waals surface area contributed by atoms with Gasteiger partial charge in [-0.1, -0.05) is 35.2 Å². The summed E-state index contributed by atoms with van der Waals surface area (Å²) in [5, 5.41) is 0.877. The molecular formula is C13H24BrNO. The fraction of sp³-hybridized carbons (Fsp3) is 0.923. The second-order valence-electron chi connectivity index (χ2n) is 5.08. The largest absolute Gasteiger partial charge is 0.339 e. The molecule has 3 heteroatoms. The number of halogens is 1. The van der Waals surface area contributed by atoms with E-state index in [0.717, 1.165) is 18.3 Å². The van der Waals surface area contributed by atoms with Gasteiger partial charge in [-0.05, 0) is 32.6 Å². The van der Waals surface area contributed by atoms with Crippen molar-refractivity contribution in [1.29, 1.82) is 0 Å². The van der Waals surface area contributed by atoms with Crippen LogP contribution in [-0.4, -0.2) is 28.7 Å². The van der Waals surface area contributed by atoms with Gasteiger partial charge in [0.1, 0.15) is 0 Å². The number of hydrogen-bond acceptors (Lipinski definition) is 1. The molecule has 0 spiro atoms. The maximum absolute atomic E-state index is 12.1. The van der Waals surface area contributed by atoms with Crippen LogP contribution in [0.25, 0.3) is 0 Å². The summed E-state index contributed by atoms with van der Waals surface area (Å²) in [5.41, 5.74) is 0. The monoisotopic (exact) mass is 289 g/mol. The van der Waals surface area contributed by atoms with Crippen molar-refractivity contribution in [2.24, 2.45) is 5.92 Å². The minimum absolute atomic E-state index is 0.327. The van der Waals surface area contributed by atoms with Crippen molar-refractivity contribution in [2.45, 2.75) is 58.4 Å². The molecule has 1 fully saturated rings. The summed E-state index contributed by atoms with van der Waals surface area (Å²) in [6.07, 6.45) is 7.28. The van der Waals surface area contributed by atoms with E-state index in [-0.39, 0.29) is 0 Å². The zero-order valence-corrected chi connectivity index (χ0v) is 12.1. The molecule has 1 saturated carbocycles. The Bertz CT molecular complexity index is 212. The Balaban J connectivity index is 2.40. The van der Waals surface area contributed by atoms with Gasteiger partial charge in [0.15, 0.2) is 0 Å². The lowest BCUT2D eigenvalue weighted by molar-refractivity contribution is -0.133. The van der Waals surface area contributed by atoms with Gasteiger partial charge in [0.2, 0.25) is 5.91 Å². The van der Waals surface area contributed by atoms with Gasteiger partial charge in [-0.25, -0.2) is 0 Å². The van der Waals surface area contributed by atoms with Crippen LogP contribution < -0.4 is 0 Å². The normalized spacial score (nSPS) is 17.8. The third kappa shape index (κ3) is 4.44. The number of nitrogens with zero attached hydrogens (tertiary/aromatic N) is 1. The molecule has 1 aliphatic rings. The van der Waals surface area contributed by atoms with Crippen molar-refractivity contribution >= 4 is 21.8 Å². The van der Waals surface area contributed by atoms with Crippen molar-refractivity contribution in [3.8, 4) is 0 Å². The summed E-state index contributed by atoms with van der Waals surface area (Å²) < 4.78 is 0. The smallest absolute Gasteiger partial charge is 0.223 e. The number of hydrogen-bond donors (Lipinski definition) is 0. The van der Waals surface area contributed by atoms with E-state index in [1.165, 1.54) is 32.1 Å². The Morgan fingerprint density at radius 2 is 1.94 bits per heavy atom. The summed E-state index contributed by atoms with van der Waals surface area (Å²) in [4.78, 5) is 14.2. The Kier molecular flexibility index (Phi) is 6.40. The Hall–Kier alpha value is -0.0500. The van der Waals surface area contributed by atoms with Crippen LogP contribution in [0.3, 0.4) is 0 Å². The zero-order valence-electron chi connectivity index (χ0n) is 10.5. The van der Waals surface area contributed by atoms with Crippen LogP contribution in [-0.2, 0) is 4.79 Å². The van der Waals surface area contributed by atoms with Gasteiger partial charge < -0.3 is 4.90 Å². The minimum Gasteiger partial charge on any atom is -0.339 e. The number of carbonyl (C=O) groups excluding carboxylic acids is 1. The van der Waals surface area contributed by atoms with Crippen molar-refractivity contribution in [2.75, 3.05) is 11.9 Å². The lowest BCUT2D eigenvalue weighted by atomic mass is 9.86. The molecule has 0 radical (unpaired) electrons. The fourth-order valence-electron chi connectivity index (χ4n) is 2.52. The third-order valence-corrected chi connectivity index (χ3v) is 3.81. The predicted octanol–water partition coefficient (Wildman–Crippen LogP) is 3.59. The van der Waals surface area contributed by atoms with Crippen LogP contribution >= 0.6 is 15.9 Å². The summed E-state index contributed by atoms with van der Waals surface area (Å²) in [5.74, 6) is 0.999. The molecule has 1 amide bonds. The van der Waals surface area contributed by atoms with Crippen LogP contribution in [0, 0.1) is 5.92 Å². The summed E-state index contributed by atoms with van der Waals surface area (Å²) >= 11 is 3.42. The van der Waals surface area contributed by atoms with Crippen LogP contribution in [0.15, 0.2) is 0 Å². The molecule has 0 atom stereocenters. The van der Waals surface area contributed by atoms with E-state index >= 15 is 0 Å². The van der Waals surface area contributed by atoms with E-state index < -0.39 is 0 Å². The Morgan fingerprint density at radius 3 is 2.44 bits per heavy atom. The van der Waals surface area contributed by atoms with E-state index in [1.54, 1.807) is 0 Å². The molecule has 1 rings (SSSR count). The number of rotatable bonds is 5. The molecule has 0 aromatic carbocycles. The van der Waals surface area contributed by atoms with Crippen molar-refractivity contribution in [3.63, 3.8) is 0 Å². The van der Waals surface area contributed by atoms with Gasteiger partial charge in [0.05, 0.1) is 0 Å². The van der Waals surface area contributed by atoms with Gasteiger partial charge >= 0.3 is 0 Å². The third-order valence-electron chi connectivity index (χ3n) is 3.46. The van der Waals surface area contributed by atoms with Crippen LogP contribution in [0.5, 0.6) is 0 Å². The maximum Gasteiger partial charge on any atom is 0.223 e. The van der Waals surface area contributed by atoms with Gasteiger partial charge in [-0.3, -0.25) is 4.79 Å². The second kappa shape index (κ2) is 7.31. The average molecular weight is 290 g/mol. The Labute approximate surface area is 108 Å². The van der Waals surface area contributed by atoms with Crippen LogP contribution in [0.2, 0.25) is 0 Å². The highest BCUT2D eigenvalue weighted by Crippen LogP contribution is 2.27. The zero-order chi connectivity index (χ0) is 12.0. The highest BCUT2D eigenvalue weighted by Gasteiger charge is 2.22. The number of alkyl halides is 1. The molecule has 2 nitrogen and oxygen atoms in total.